The summed E-state index contributed by atoms with van der Waals surface area (Å²) >= 11 is 0. The molecule has 6 aromatic carbocycles. The molecule has 0 atom stereocenters. The van der Waals surface area contributed by atoms with E-state index >= 15 is 0 Å². The van der Waals surface area contributed by atoms with Crippen LogP contribution in [0, 0.1) is 12.3 Å². The van der Waals surface area contributed by atoms with Gasteiger partial charge in [-0.05, 0) is 172 Å². The van der Waals surface area contributed by atoms with Gasteiger partial charge in [0.05, 0.1) is 19.6 Å². The van der Waals surface area contributed by atoms with Gasteiger partial charge in [-0.15, -0.1) is 0 Å². The van der Waals surface area contributed by atoms with Crippen molar-refractivity contribution in [3.05, 3.63) is 179 Å². The van der Waals surface area contributed by atoms with Gasteiger partial charge in [0.25, 0.3) is 0 Å². The quantitative estimate of drug-likeness (QED) is 0.0757. The predicted octanol–water partition coefficient (Wildman–Crippen LogP) is 16.1. The third-order valence-electron chi connectivity index (χ3n) is 17.7. The first-order valence-electron chi connectivity index (χ1n) is 25.5. The van der Waals surface area contributed by atoms with Gasteiger partial charge in [0.2, 0.25) is 19.7 Å². The van der Waals surface area contributed by atoms with E-state index in [4.69, 9.17) is 9.47 Å². The van der Waals surface area contributed by atoms with Gasteiger partial charge in [-0.1, -0.05) is 155 Å². The molecule has 0 saturated carbocycles. The van der Waals surface area contributed by atoms with Crippen LogP contribution in [0.25, 0.3) is 0 Å². The van der Waals surface area contributed by atoms with Crippen LogP contribution < -0.4 is 9.47 Å². The second kappa shape index (κ2) is 20.0. The Balaban J connectivity index is 1.13. The minimum atomic E-state index is -3.73. The molecule has 0 fully saturated rings. The Labute approximate surface area is 428 Å². The van der Waals surface area contributed by atoms with Crippen LogP contribution in [0.1, 0.15) is 163 Å². The summed E-state index contributed by atoms with van der Waals surface area (Å²) in [5.41, 5.74) is 4.18. The number of ether oxygens (including phenoxy) is 2. The Hall–Kier alpha value is -5.18. The molecule has 8 heteroatoms. The molecule has 6 nitrogen and oxygen atoms in total. The fraction of sp³-hybridized carbons (Fsp3) is 0.429. The highest BCUT2D eigenvalue weighted by Gasteiger charge is 2.46. The van der Waals surface area contributed by atoms with Crippen LogP contribution in [0.2, 0.25) is 0 Å². The van der Waals surface area contributed by atoms with Crippen LogP contribution >= 0.6 is 0 Å². The van der Waals surface area contributed by atoms with E-state index < -0.39 is 41.7 Å². The molecule has 0 N–H and O–H groups in total. The number of benzene rings is 6. The van der Waals surface area contributed by atoms with Crippen LogP contribution in [-0.4, -0.2) is 28.0 Å². The molecule has 71 heavy (non-hydrogen) atoms. The van der Waals surface area contributed by atoms with Crippen LogP contribution in [0.3, 0.4) is 0 Å². The van der Waals surface area contributed by atoms with Crippen molar-refractivity contribution in [3.8, 4) is 11.5 Å². The summed E-state index contributed by atoms with van der Waals surface area (Å²) in [6.07, 6.45) is 3.67. The van der Waals surface area contributed by atoms with Crippen LogP contribution in [0.4, 0.5) is 0 Å². The van der Waals surface area contributed by atoms with Crippen molar-refractivity contribution in [2.24, 2.45) is 5.41 Å². The lowest BCUT2D eigenvalue weighted by molar-refractivity contribution is 0.0121. The average Bonchev–Trinajstić information content (AvgIpc) is 3.34. The van der Waals surface area contributed by atoms with E-state index in [1.54, 1.807) is 60.7 Å². The second-order valence-electron chi connectivity index (χ2n) is 22.6. The molecule has 0 aliphatic heterocycles. The van der Waals surface area contributed by atoms with E-state index in [1.807, 2.05) is 43.3 Å². The van der Waals surface area contributed by atoms with E-state index in [2.05, 4.69) is 152 Å². The molecule has 0 bridgehead atoms. The Morgan fingerprint density at radius 1 is 0.352 bits per heavy atom. The van der Waals surface area contributed by atoms with Gasteiger partial charge in [0, 0.05) is 16.2 Å². The van der Waals surface area contributed by atoms with Crippen LogP contribution in [0.5, 0.6) is 11.5 Å². The fourth-order valence-corrected chi connectivity index (χ4v) is 13.1. The number of aryl methyl sites for hydroxylation is 1. The molecule has 0 aromatic heterocycles. The summed E-state index contributed by atoms with van der Waals surface area (Å²) in [4.78, 5) is 1.08. The Morgan fingerprint density at radius 2 is 0.648 bits per heavy atom. The van der Waals surface area contributed by atoms with Crippen molar-refractivity contribution in [2.45, 2.75) is 189 Å². The summed E-state index contributed by atoms with van der Waals surface area (Å²) in [6, 6.07) is 45.8. The molecule has 380 valence electrons. The molecule has 0 spiro atoms. The summed E-state index contributed by atoms with van der Waals surface area (Å²) in [5, 5.41) is 0. The van der Waals surface area contributed by atoms with Crippen molar-refractivity contribution < 1.29 is 26.3 Å². The predicted molar refractivity (Wildman–Crippen MR) is 293 cm³/mol. The SMILES string of the molecule is CCC(C)(CC)C(C)(C)c1ccc(S(=O)(=O)c2ccc(OC(C)(C)C(C)(C)c3ccc(C(C)(C)c4ccc(OC(C)(C)C(CC)(CC)c5ccc(S(=O)(=O)c6ccc(C)cc6)cc5)cc4)cc3)cc2)cc1. The highest BCUT2D eigenvalue weighted by atomic mass is 32.2. The normalized spacial score (nSPS) is 13.5. The highest BCUT2D eigenvalue weighted by Crippen LogP contribution is 2.48. The maximum atomic E-state index is 13.8. The smallest absolute Gasteiger partial charge is 0.206 e. The number of hydrogen-bond donors (Lipinski definition) is 0. The van der Waals surface area contributed by atoms with E-state index in [9.17, 15) is 16.8 Å². The van der Waals surface area contributed by atoms with Crippen molar-refractivity contribution in [1.82, 2.24) is 0 Å². The first-order valence-corrected chi connectivity index (χ1v) is 28.4. The van der Waals surface area contributed by atoms with Gasteiger partial charge < -0.3 is 9.47 Å². The summed E-state index contributed by atoms with van der Waals surface area (Å²) in [7, 11) is -7.38. The van der Waals surface area contributed by atoms with Crippen LogP contribution in [0.15, 0.2) is 165 Å². The lowest BCUT2D eigenvalue weighted by atomic mass is 9.60. The Bertz CT molecular complexity index is 2970. The zero-order valence-electron chi connectivity index (χ0n) is 45.5. The highest BCUT2D eigenvalue weighted by molar-refractivity contribution is 7.91. The summed E-state index contributed by atoms with van der Waals surface area (Å²) in [6.45, 7) is 34.8. The van der Waals surface area contributed by atoms with E-state index in [-0.39, 0.29) is 35.8 Å². The lowest BCUT2D eigenvalue weighted by Crippen LogP contribution is -2.51. The number of hydrogen-bond acceptors (Lipinski definition) is 6. The fourth-order valence-electron chi connectivity index (χ4n) is 10.6. The Kier molecular flexibility index (Phi) is 15.6. The molecule has 6 rings (SSSR count). The van der Waals surface area contributed by atoms with Gasteiger partial charge in [0.1, 0.15) is 22.7 Å². The standard InChI is InChI=1S/C63H80O6S2/c1-17-62(16,18-2)59(10,11)49-29-39-54(40-30-49)71(66,67)56-43-35-52(36-44-56)68-60(12,13)58(8,9)48-25-23-46(24-26-48)57(6,7)47-27-33-51(34-28-47)69-61(14,15)63(19-3,20-4)50-31-41-55(42-32-50)70(64,65)53-37-21-45(5)22-38-53/h21-44H,17-20H2,1-16H3. The molecule has 0 heterocycles. The van der Waals surface area contributed by atoms with Gasteiger partial charge >= 0.3 is 0 Å². The molecular formula is C63H80O6S2. The monoisotopic (exact) mass is 997 g/mol. The number of rotatable bonds is 20. The maximum Gasteiger partial charge on any atom is 0.206 e. The van der Waals surface area contributed by atoms with Crippen molar-refractivity contribution in [2.75, 3.05) is 0 Å². The zero-order valence-corrected chi connectivity index (χ0v) is 47.1. The third kappa shape index (κ3) is 10.3. The minimum Gasteiger partial charge on any atom is -0.487 e. The molecule has 0 saturated heterocycles. The molecule has 0 amide bonds. The molecule has 0 unspecified atom stereocenters. The molecular weight excluding hydrogens is 917 g/mol. The molecule has 0 radical (unpaired) electrons. The van der Waals surface area contributed by atoms with E-state index in [1.165, 1.54) is 5.56 Å². The van der Waals surface area contributed by atoms with Gasteiger partial charge in [0.15, 0.2) is 0 Å². The zero-order chi connectivity index (χ0) is 52.6. The van der Waals surface area contributed by atoms with E-state index in [0.717, 1.165) is 59.3 Å². The van der Waals surface area contributed by atoms with Crippen LogP contribution in [-0.2, 0) is 41.3 Å². The van der Waals surface area contributed by atoms with E-state index in [0.29, 0.717) is 5.75 Å². The maximum absolute atomic E-state index is 13.8. The largest absolute Gasteiger partial charge is 0.487 e. The third-order valence-corrected chi connectivity index (χ3v) is 21.2. The average molecular weight is 997 g/mol. The molecule has 0 aliphatic carbocycles. The topological polar surface area (TPSA) is 86.7 Å². The van der Waals surface area contributed by atoms with Gasteiger partial charge in [-0.2, -0.15) is 0 Å². The Morgan fingerprint density at radius 3 is 1.04 bits per heavy atom. The first-order chi connectivity index (χ1) is 33.0. The van der Waals surface area contributed by atoms with Gasteiger partial charge in [-0.25, -0.2) is 16.8 Å². The minimum absolute atomic E-state index is 0.0916. The molecule has 6 aromatic rings. The van der Waals surface area contributed by atoms with Crippen molar-refractivity contribution in [1.29, 1.82) is 0 Å². The lowest BCUT2D eigenvalue weighted by Gasteiger charge is -2.46. The summed E-state index contributed by atoms with van der Waals surface area (Å²) < 4.78 is 68.1. The number of sulfone groups is 2. The van der Waals surface area contributed by atoms with Gasteiger partial charge in [-0.3, -0.25) is 0 Å². The molecule has 0 aliphatic rings. The van der Waals surface area contributed by atoms with Crippen molar-refractivity contribution >= 4 is 19.7 Å². The first kappa shape index (κ1) is 55.1. The second-order valence-corrected chi connectivity index (χ2v) is 26.5. The van der Waals surface area contributed by atoms with Crippen molar-refractivity contribution in [3.63, 3.8) is 0 Å². The summed E-state index contributed by atoms with van der Waals surface area (Å²) in [5.74, 6) is 1.37.